The van der Waals surface area contributed by atoms with E-state index in [2.05, 4.69) is 4.98 Å². The number of carbonyl (C=O) groups excluding carboxylic acids is 1. The molecule has 0 atom stereocenters. The lowest BCUT2D eigenvalue weighted by Gasteiger charge is -1.99. The van der Waals surface area contributed by atoms with Crippen molar-refractivity contribution in [3.63, 3.8) is 0 Å². The summed E-state index contributed by atoms with van der Waals surface area (Å²) in [7, 11) is 0. The number of benzene rings is 1. The summed E-state index contributed by atoms with van der Waals surface area (Å²) in [6.45, 7) is 0. The number of nitrogen functional groups attached to an aromatic ring is 1. The molecule has 1 heterocycles. The number of nitrogens with two attached hydrogens (primary N) is 1. The van der Waals surface area contributed by atoms with Crippen molar-refractivity contribution in [2.24, 2.45) is 0 Å². The van der Waals surface area contributed by atoms with Crippen molar-refractivity contribution in [1.29, 1.82) is 0 Å². The topological polar surface area (TPSA) is 56.0 Å². The van der Waals surface area contributed by atoms with Crippen molar-refractivity contribution < 1.29 is 4.79 Å². The molecule has 76 valence electrons. The fourth-order valence-corrected chi connectivity index (χ4v) is 1.85. The Labute approximate surface area is 91.6 Å². The largest absolute Gasteiger partial charge is 0.399 e. The molecule has 2 N–H and O–H groups in total. The number of carbonyl (C=O) groups is 1. The Bertz CT molecular complexity index is 448. The van der Waals surface area contributed by atoms with E-state index in [0.29, 0.717) is 17.7 Å². The fourth-order valence-electron chi connectivity index (χ4n) is 1.26. The van der Waals surface area contributed by atoms with Crippen LogP contribution >= 0.6 is 11.3 Å². The predicted molar refractivity (Wildman–Crippen MR) is 61.0 cm³/mol. The van der Waals surface area contributed by atoms with Crippen LogP contribution in [0.15, 0.2) is 36.0 Å². The van der Waals surface area contributed by atoms with Crippen LogP contribution in [0.5, 0.6) is 0 Å². The van der Waals surface area contributed by atoms with Crippen LogP contribution in [0.3, 0.4) is 0 Å². The number of ketones is 1. The summed E-state index contributed by atoms with van der Waals surface area (Å²) in [4.78, 5) is 16.7. The highest BCUT2D eigenvalue weighted by Crippen LogP contribution is 2.12. The lowest BCUT2D eigenvalue weighted by Crippen LogP contribution is -2.02. The van der Waals surface area contributed by atoms with Gasteiger partial charge in [0.05, 0.1) is 5.51 Å². The Morgan fingerprint density at radius 3 is 2.67 bits per heavy atom. The maximum absolute atomic E-state index is 11.8. The van der Waals surface area contributed by atoms with Crippen LogP contribution in [0.1, 0.15) is 15.2 Å². The molecule has 0 saturated carbocycles. The third-order valence-corrected chi connectivity index (χ3v) is 2.83. The molecule has 0 fully saturated rings. The minimum Gasteiger partial charge on any atom is -0.399 e. The van der Waals surface area contributed by atoms with Crippen LogP contribution in [0.25, 0.3) is 0 Å². The summed E-state index contributed by atoms with van der Waals surface area (Å²) in [5, 5.41) is 0. The fraction of sp³-hybridized carbons (Fsp3) is 0.0909. The summed E-state index contributed by atoms with van der Waals surface area (Å²) < 4.78 is 0. The van der Waals surface area contributed by atoms with E-state index < -0.39 is 0 Å². The van der Waals surface area contributed by atoms with Crippen LogP contribution in [0.4, 0.5) is 5.69 Å². The molecule has 0 aliphatic carbocycles. The van der Waals surface area contributed by atoms with Gasteiger partial charge < -0.3 is 5.73 Å². The Hall–Kier alpha value is -1.68. The number of aromatic nitrogens is 1. The van der Waals surface area contributed by atoms with Gasteiger partial charge in [-0.25, -0.2) is 0 Å². The van der Waals surface area contributed by atoms with Gasteiger partial charge in [-0.2, -0.15) is 0 Å². The summed E-state index contributed by atoms with van der Waals surface area (Å²) in [5.74, 6) is 0.0965. The molecule has 0 bridgehead atoms. The number of hydrogen-bond acceptors (Lipinski definition) is 4. The van der Waals surface area contributed by atoms with Gasteiger partial charge in [-0.1, -0.05) is 0 Å². The molecule has 0 radical (unpaired) electrons. The van der Waals surface area contributed by atoms with Crippen molar-refractivity contribution >= 4 is 22.8 Å². The van der Waals surface area contributed by atoms with Gasteiger partial charge in [0, 0.05) is 28.7 Å². The summed E-state index contributed by atoms with van der Waals surface area (Å²) in [6, 6.07) is 6.97. The molecule has 1 aromatic heterocycles. The molecule has 2 aromatic rings. The summed E-state index contributed by atoms with van der Waals surface area (Å²) in [5.41, 5.74) is 8.63. The molecule has 15 heavy (non-hydrogen) atoms. The molecule has 4 heteroatoms. The third kappa shape index (κ3) is 2.41. The quantitative estimate of drug-likeness (QED) is 0.634. The Morgan fingerprint density at radius 1 is 1.33 bits per heavy atom. The van der Waals surface area contributed by atoms with Gasteiger partial charge >= 0.3 is 0 Å². The molecule has 0 aliphatic heterocycles. The highest BCUT2D eigenvalue weighted by molar-refractivity contribution is 7.09. The monoisotopic (exact) mass is 218 g/mol. The molecular formula is C11H10N2OS. The van der Waals surface area contributed by atoms with E-state index in [9.17, 15) is 4.79 Å². The predicted octanol–water partition coefficient (Wildman–Crippen LogP) is 2.15. The van der Waals surface area contributed by atoms with E-state index in [1.165, 1.54) is 11.3 Å². The first-order valence-corrected chi connectivity index (χ1v) is 5.40. The Morgan fingerprint density at radius 2 is 2.07 bits per heavy atom. The lowest BCUT2D eigenvalue weighted by molar-refractivity contribution is 0.0994. The van der Waals surface area contributed by atoms with Crippen LogP contribution < -0.4 is 5.73 Å². The zero-order valence-electron chi connectivity index (χ0n) is 8.01. The lowest BCUT2D eigenvalue weighted by atomic mass is 10.1. The molecule has 2 rings (SSSR count). The SMILES string of the molecule is Nc1ccc(C(=O)Cc2cncs2)cc1. The second-order valence-corrected chi connectivity index (χ2v) is 4.16. The van der Waals surface area contributed by atoms with Crippen molar-refractivity contribution in [1.82, 2.24) is 4.98 Å². The maximum atomic E-state index is 11.8. The minimum atomic E-state index is 0.0965. The van der Waals surface area contributed by atoms with Crippen LogP contribution in [-0.2, 0) is 6.42 Å². The average molecular weight is 218 g/mol. The van der Waals surface area contributed by atoms with Crippen LogP contribution in [0, 0.1) is 0 Å². The van der Waals surface area contributed by atoms with E-state index >= 15 is 0 Å². The van der Waals surface area contributed by atoms with Gasteiger partial charge in [-0.15, -0.1) is 11.3 Å². The van der Waals surface area contributed by atoms with Gasteiger partial charge in [0.2, 0.25) is 0 Å². The zero-order chi connectivity index (χ0) is 10.7. The highest BCUT2D eigenvalue weighted by Gasteiger charge is 2.07. The third-order valence-electron chi connectivity index (χ3n) is 2.05. The maximum Gasteiger partial charge on any atom is 0.168 e. The van der Waals surface area contributed by atoms with Gasteiger partial charge in [-0.05, 0) is 24.3 Å². The normalized spacial score (nSPS) is 10.1. The zero-order valence-corrected chi connectivity index (χ0v) is 8.83. The summed E-state index contributed by atoms with van der Waals surface area (Å²) >= 11 is 1.49. The van der Waals surface area contributed by atoms with Gasteiger partial charge in [0.25, 0.3) is 0 Å². The van der Waals surface area contributed by atoms with Crippen molar-refractivity contribution in [3.8, 4) is 0 Å². The van der Waals surface area contributed by atoms with Gasteiger partial charge in [0.1, 0.15) is 0 Å². The Balaban J connectivity index is 2.11. The molecule has 1 aromatic carbocycles. The smallest absolute Gasteiger partial charge is 0.168 e. The van der Waals surface area contributed by atoms with Crippen molar-refractivity contribution in [3.05, 3.63) is 46.4 Å². The second-order valence-electron chi connectivity index (χ2n) is 3.19. The molecule has 3 nitrogen and oxygen atoms in total. The molecule has 0 saturated heterocycles. The summed E-state index contributed by atoms with van der Waals surface area (Å²) in [6.07, 6.45) is 2.13. The van der Waals surface area contributed by atoms with E-state index in [1.54, 1.807) is 36.0 Å². The second kappa shape index (κ2) is 4.23. The highest BCUT2D eigenvalue weighted by atomic mass is 32.1. The first kappa shape index (κ1) is 9.86. The standard InChI is InChI=1S/C11H10N2OS/c12-9-3-1-8(2-4-9)11(14)5-10-6-13-7-15-10/h1-4,6-7H,5,12H2. The van der Waals surface area contributed by atoms with Crippen LogP contribution in [-0.4, -0.2) is 10.8 Å². The first-order chi connectivity index (χ1) is 7.25. The number of rotatable bonds is 3. The van der Waals surface area contributed by atoms with Gasteiger partial charge in [0.15, 0.2) is 5.78 Å². The number of nitrogens with zero attached hydrogens (tertiary/aromatic N) is 1. The number of Topliss-reactive ketones (excluding diaryl/α,β-unsaturated/α-hetero) is 1. The molecule has 0 aliphatic rings. The van der Waals surface area contributed by atoms with Crippen molar-refractivity contribution in [2.75, 3.05) is 5.73 Å². The average Bonchev–Trinajstić information content (AvgIpc) is 2.71. The number of thiazole rings is 1. The molecule has 0 amide bonds. The van der Waals surface area contributed by atoms with E-state index in [4.69, 9.17) is 5.73 Å². The number of anilines is 1. The molecular weight excluding hydrogens is 208 g/mol. The molecule has 0 spiro atoms. The van der Waals surface area contributed by atoms with E-state index in [0.717, 1.165) is 4.88 Å². The Kier molecular flexibility index (Phi) is 2.78. The van der Waals surface area contributed by atoms with E-state index in [-0.39, 0.29) is 5.78 Å². The van der Waals surface area contributed by atoms with Gasteiger partial charge in [-0.3, -0.25) is 9.78 Å². The van der Waals surface area contributed by atoms with Crippen LogP contribution in [0.2, 0.25) is 0 Å². The minimum absolute atomic E-state index is 0.0965. The first-order valence-electron chi connectivity index (χ1n) is 4.52. The van der Waals surface area contributed by atoms with E-state index in [1.807, 2.05) is 0 Å². The number of hydrogen-bond donors (Lipinski definition) is 1. The molecule has 0 unspecified atom stereocenters. The van der Waals surface area contributed by atoms with Crippen molar-refractivity contribution in [2.45, 2.75) is 6.42 Å².